The van der Waals surface area contributed by atoms with E-state index in [4.69, 9.17) is 4.74 Å². The van der Waals surface area contributed by atoms with E-state index < -0.39 is 0 Å². The van der Waals surface area contributed by atoms with E-state index in [1.54, 1.807) is 36.4 Å². The Morgan fingerprint density at radius 3 is 2.59 bits per heavy atom. The molecule has 2 saturated carbocycles. The van der Waals surface area contributed by atoms with E-state index in [9.17, 15) is 14.4 Å². The van der Waals surface area contributed by atoms with Crippen LogP contribution >= 0.6 is 15.9 Å². The Balaban J connectivity index is 1.29. The summed E-state index contributed by atoms with van der Waals surface area (Å²) in [6.45, 7) is 0. The molecule has 0 aromatic heterocycles. The van der Waals surface area contributed by atoms with Crippen molar-refractivity contribution in [3.8, 4) is 0 Å². The quantitative estimate of drug-likeness (QED) is 0.687. The van der Waals surface area contributed by atoms with Crippen LogP contribution in [0.2, 0.25) is 0 Å². The van der Waals surface area contributed by atoms with Crippen molar-refractivity contribution in [2.24, 2.45) is 23.7 Å². The molecule has 3 aliphatic rings. The highest BCUT2D eigenvalue weighted by atomic mass is 79.9. The molecule has 6 nitrogen and oxygen atoms in total. The van der Waals surface area contributed by atoms with Crippen LogP contribution in [0.5, 0.6) is 0 Å². The molecule has 0 radical (unpaired) electrons. The Bertz CT molecular complexity index is 1000. The van der Waals surface area contributed by atoms with Gasteiger partial charge in [-0.2, -0.15) is 0 Å². The number of anilines is 2. The summed E-state index contributed by atoms with van der Waals surface area (Å²) < 4.78 is 6.34. The molecule has 1 heterocycles. The van der Waals surface area contributed by atoms with Gasteiger partial charge >= 0.3 is 5.97 Å². The predicted molar refractivity (Wildman–Crippen MR) is 110 cm³/mol. The van der Waals surface area contributed by atoms with Crippen LogP contribution in [0.3, 0.4) is 0 Å². The smallest absolute Gasteiger partial charge is 0.310 e. The number of ether oxygens (including phenoxy) is 1. The number of rotatable bonds is 4. The SMILES string of the molecule is O=C(Nc1ccc(Br)cc1)c1cccc(NC(=O)[C@@H]2[C@@H]3C[C@H]4[C@H]2C(=O)O[C@H]4C3)c1. The molecule has 2 N–H and O–H groups in total. The Labute approximate surface area is 176 Å². The van der Waals surface area contributed by atoms with E-state index >= 15 is 0 Å². The van der Waals surface area contributed by atoms with Crippen LogP contribution in [0.25, 0.3) is 0 Å². The lowest BCUT2D eigenvalue weighted by Gasteiger charge is -2.23. The molecule has 3 fully saturated rings. The summed E-state index contributed by atoms with van der Waals surface area (Å²) in [7, 11) is 0. The van der Waals surface area contributed by atoms with Crippen LogP contribution in [0.4, 0.5) is 11.4 Å². The van der Waals surface area contributed by atoms with E-state index in [1.807, 2.05) is 12.1 Å². The van der Waals surface area contributed by atoms with E-state index in [2.05, 4.69) is 26.6 Å². The first-order valence-electron chi connectivity index (χ1n) is 9.68. The third-order valence-corrected chi connectivity index (χ3v) is 6.81. The minimum absolute atomic E-state index is 0.00665. The van der Waals surface area contributed by atoms with Crippen LogP contribution in [0.1, 0.15) is 23.2 Å². The third kappa shape index (κ3) is 3.23. The highest BCUT2D eigenvalue weighted by Crippen LogP contribution is 2.57. The lowest BCUT2D eigenvalue weighted by Crippen LogP contribution is -2.35. The topological polar surface area (TPSA) is 84.5 Å². The zero-order valence-electron chi connectivity index (χ0n) is 15.4. The van der Waals surface area contributed by atoms with Crippen molar-refractivity contribution in [2.45, 2.75) is 18.9 Å². The van der Waals surface area contributed by atoms with Crippen molar-refractivity contribution >= 4 is 45.1 Å². The largest absolute Gasteiger partial charge is 0.462 e. The van der Waals surface area contributed by atoms with Crippen molar-refractivity contribution in [2.75, 3.05) is 10.6 Å². The molecular formula is C22H19BrN2O4. The van der Waals surface area contributed by atoms with Gasteiger partial charge in [0, 0.05) is 27.3 Å². The summed E-state index contributed by atoms with van der Waals surface area (Å²) >= 11 is 3.36. The Kier molecular flexibility index (Phi) is 4.42. The van der Waals surface area contributed by atoms with Crippen LogP contribution in [-0.2, 0) is 14.3 Å². The molecule has 2 amide bonds. The molecule has 0 unspecified atom stereocenters. The average Bonchev–Trinajstić information content (AvgIpc) is 3.32. The molecule has 7 heteroatoms. The molecule has 0 spiro atoms. The number of amides is 2. The second kappa shape index (κ2) is 6.99. The highest BCUT2D eigenvalue weighted by molar-refractivity contribution is 9.10. The van der Waals surface area contributed by atoms with Gasteiger partial charge in [-0.05, 0) is 61.2 Å². The zero-order valence-corrected chi connectivity index (χ0v) is 17.0. The van der Waals surface area contributed by atoms with Gasteiger partial charge < -0.3 is 15.4 Å². The Hall–Kier alpha value is -2.67. The molecule has 2 bridgehead atoms. The van der Waals surface area contributed by atoms with Gasteiger partial charge in [0.25, 0.3) is 5.91 Å². The van der Waals surface area contributed by atoms with Crippen molar-refractivity contribution in [1.29, 1.82) is 0 Å². The van der Waals surface area contributed by atoms with Gasteiger partial charge in [0.05, 0.1) is 11.8 Å². The lowest BCUT2D eigenvalue weighted by atomic mass is 9.79. The fraction of sp³-hybridized carbons (Fsp3) is 0.318. The van der Waals surface area contributed by atoms with Gasteiger partial charge in [-0.15, -0.1) is 0 Å². The van der Waals surface area contributed by atoms with Crippen LogP contribution in [0, 0.1) is 23.7 Å². The molecular weight excluding hydrogens is 436 g/mol. The maximum Gasteiger partial charge on any atom is 0.310 e. The van der Waals surface area contributed by atoms with Crippen molar-refractivity contribution in [3.63, 3.8) is 0 Å². The number of carbonyl (C=O) groups is 3. The second-order valence-corrected chi connectivity index (χ2v) is 8.87. The molecule has 5 rings (SSSR count). The fourth-order valence-corrected chi connectivity index (χ4v) is 5.33. The number of nitrogens with one attached hydrogen (secondary N) is 2. The van der Waals surface area contributed by atoms with Gasteiger partial charge in [-0.1, -0.05) is 22.0 Å². The normalized spacial score (nSPS) is 28.9. The van der Waals surface area contributed by atoms with Gasteiger partial charge in [0.15, 0.2) is 0 Å². The van der Waals surface area contributed by atoms with E-state index in [0.717, 1.165) is 17.3 Å². The maximum atomic E-state index is 12.9. The van der Waals surface area contributed by atoms with Gasteiger partial charge in [-0.3, -0.25) is 14.4 Å². The molecule has 29 heavy (non-hydrogen) atoms. The van der Waals surface area contributed by atoms with Crippen molar-refractivity contribution in [3.05, 3.63) is 58.6 Å². The summed E-state index contributed by atoms with van der Waals surface area (Å²) in [5, 5.41) is 5.74. The van der Waals surface area contributed by atoms with Crippen LogP contribution in [0.15, 0.2) is 53.0 Å². The number of halogens is 1. The Morgan fingerprint density at radius 2 is 1.79 bits per heavy atom. The van der Waals surface area contributed by atoms with Gasteiger partial charge in [-0.25, -0.2) is 0 Å². The van der Waals surface area contributed by atoms with Crippen molar-refractivity contribution < 1.29 is 19.1 Å². The molecule has 2 aromatic rings. The summed E-state index contributed by atoms with van der Waals surface area (Å²) in [4.78, 5) is 37.6. The predicted octanol–water partition coefficient (Wildman–Crippen LogP) is 3.84. The molecule has 2 aliphatic carbocycles. The van der Waals surface area contributed by atoms with Gasteiger partial charge in [0.2, 0.25) is 5.91 Å². The minimum Gasteiger partial charge on any atom is -0.462 e. The van der Waals surface area contributed by atoms with Crippen molar-refractivity contribution in [1.82, 2.24) is 0 Å². The maximum absolute atomic E-state index is 12.9. The third-order valence-electron chi connectivity index (χ3n) is 6.28. The number of carbonyl (C=O) groups excluding carboxylic acids is 3. The highest BCUT2D eigenvalue weighted by Gasteiger charge is 2.63. The number of hydrogen-bond acceptors (Lipinski definition) is 4. The minimum atomic E-state index is -0.341. The fourth-order valence-electron chi connectivity index (χ4n) is 5.06. The number of fused-ring (bicyclic) bond motifs is 1. The van der Waals surface area contributed by atoms with E-state index in [-0.39, 0.29) is 47.6 Å². The number of hydrogen-bond donors (Lipinski definition) is 2. The molecule has 5 atom stereocenters. The summed E-state index contributed by atoms with van der Waals surface area (Å²) in [5.74, 6) is -0.927. The first-order chi connectivity index (χ1) is 14.0. The first kappa shape index (κ1) is 18.4. The molecule has 1 saturated heterocycles. The average molecular weight is 455 g/mol. The summed E-state index contributed by atoms with van der Waals surface area (Å²) in [5.41, 5.74) is 1.67. The molecule has 148 valence electrons. The number of benzene rings is 2. The standard InChI is InChI=1S/C22H19BrN2O4/c23-13-4-6-14(7-5-13)24-20(26)11-2-1-3-15(8-11)25-21(27)18-12-9-16-17(10-12)29-22(28)19(16)18/h1-8,12,16-19H,9-10H2,(H,24,26)(H,25,27)/t12-,16-,17+,18-,19-/m1/s1. The van der Waals surface area contributed by atoms with Crippen LogP contribution < -0.4 is 10.6 Å². The second-order valence-electron chi connectivity index (χ2n) is 7.95. The summed E-state index contributed by atoms with van der Waals surface area (Å²) in [6, 6.07) is 14.1. The van der Waals surface area contributed by atoms with Crippen LogP contribution in [-0.4, -0.2) is 23.9 Å². The van der Waals surface area contributed by atoms with E-state index in [1.165, 1.54) is 0 Å². The molecule has 2 aromatic carbocycles. The monoisotopic (exact) mass is 454 g/mol. The first-order valence-corrected chi connectivity index (χ1v) is 10.5. The number of esters is 1. The Morgan fingerprint density at radius 1 is 1.00 bits per heavy atom. The van der Waals surface area contributed by atoms with E-state index in [0.29, 0.717) is 16.9 Å². The summed E-state index contributed by atoms with van der Waals surface area (Å²) in [6.07, 6.45) is 1.67. The lowest BCUT2D eigenvalue weighted by molar-refractivity contribution is -0.145. The molecule has 1 aliphatic heterocycles. The zero-order chi connectivity index (χ0) is 20.1. The van der Waals surface area contributed by atoms with Gasteiger partial charge in [0.1, 0.15) is 6.10 Å².